The number of carbonyl (C=O) groups is 1. The first-order valence-electron chi connectivity index (χ1n) is 15.5. The number of nitrogens with two attached hydrogens (primary N) is 2. The molecule has 7 atom stereocenters. The van der Waals surface area contributed by atoms with Gasteiger partial charge in [-0.05, 0) is 69.8 Å². The first-order valence-corrected chi connectivity index (χ1v) is 15.5. The van der Waals surface area contributed by atoms with Gasteiger partial charge in [0.25, 0.3) is 0 Å². The SMILES string of the molecule is CC(=N)N1CCC(C(=O)O[C@H]2CC[C@@]3(C)C(=CC[C@@]4(N)[C@]5(C)CC=C(C6C=CC=NC6)[C@@]5(C)CC[C@@]43N)C2)CC1. The number of ether oxygens (including phenoxy) is 1. The van der Waals surface area contributed by atoms with Crippen molar-refractivity contribution >= 4 is 18.0 Å². The predicted octanol–water partition coefficient (Wildman–Crippen LogP) is 4.92. The third-order valence-electron chi connectivity index (χ3n) is 13.0. The highest BCUT2D eigenvalue weighted by molar-refractivity contribution is 5.77. The zero-order valence-electron chi connectivity index (χ0n) is 25.0. The number of likely N-dealkylation sites (tertiary alicyclic amines) is 1. The van der Waals surface area contributed by atoms with E-state index in [1.54, 1.807) is 0 Å². The Labute approximate surface area is 240 Å². The summed E-state index contributed by atoms with van der Waals surface area (Å²) in [6.07, 6.45) is 18.7. The number of dihydropyridines is 1. The van der Waals surface area contributed by atoms with E-state index in [1.165, 1.54) is 11.1 Å². The molecule has 3 fully saturated rings. The summed E-state index contributed by atoms with van der Waals surface area (Å²) in [6.45, 7) is 11.4. The van der Waals surface area contributed by atoms with E-state index in [1.807, 2.05) is 18.0 Å². The summed E-state index contributed by atoms with van der Waals surface area (Å²) < 4.78 is 6.15. The Morgan fingerprint density at radius 3 is 2.45 bits per heavy atom. The maximum absolute atomic E-state index is 13.1. The van der Waals surface area contributed by atoms with E-state index in [2.05, 4.69) is 50.1 Å². The van der Waals surface area contributed by atoms with Crippen LogP contribution in [0.5, 0.6) is 0 Å². The van der Waals surface area contributed by atoms with Gasteiger partial charge in [0, 0.05) is 60.1 Å². The van der Waals surface area contributed by atoms with E-state index in [-0.39, 0.29) is 34.2 Å². The molecule has 0 bridgehead atoms. The second kappa shape index (κ2) is 9.38. The molecule has 5 N–H and O–H groups in total. The number of allylic oxidation sites excluding steroid dienone is 2. The van der Waals surface area contributed by atoms with E-state index in [4.69, 9.17) is 21.6 Å². The lowest BCUT2D eigenvalue weighted by molar-refractivity contribution is -0.159. The van der Waals surface area contributed by atoms with Crippen LogP contribution in [0.3, 0.4) is 0 Å². The van der Waals surface area contributed by atoms with Crippen molar-refractivity contribution in [2.75, 3.05) is 19.6 Å². The van der Waals surface area contributed by atoms with Gasteiger partial charge in [-0.15, -0.1) is 0 Å². The smallest absolute Gasteiger partial charge is 0.309 e. The minimum absolute atomic E-state index is 0.00718. The number of nitrogens with zero attached hydrogens (tertiary/aromatic N) is 2. The zero-order chi connectivity index (χ0) is 28.6. The summed E-state index contributed by atoms with van der Waals surface area (Å²) in [4.78, 5) is 19.7. The summed E-state index contributed by atoms with van der Waals surface area (Å²) in [5.41, 5.74) is 16.8. The Kier molecular flexibility index (Phi) is 6.54. The Bertz CT molecular complexity index is 1210. The topological polar surface area (TPSA) is 118 Å². The van der Waals surface area contributed by atoms with Crippen molar-refractivity contribution in [3.8, 4) is 0 Å². The number of aliphatic imine (C=N–C) groups is 1. The van der Waals surface area contributed by atoms with E-state index in [0.29, 0.717) is 11.8 Å². The van der Waals surface area contributed by atoms with Crippen LogP contribution in [0.1, 0.15) is 85.5 Å². The molecule has 2 saturated carbocycles. The Balaban J connectivity index is 1.20. The van der Waals surface area contributed by atoms with Gasteiger partial charge in [0.1, 0.15) is 6.10 Å². The minimum atomic E-state index is -0.532. The highest BCUT2D eigenvalue weighted by atomic mass is 16.5. The average molecular weight is 548 g/mol. The number of rotatable bonds is 3. The van der Waals surface area contributed by atoms with Crippen molar-refractivity contribution in [1.29, 1.82) is 5.41 Å². The number of hydrogen-bond acceptors (Lipinski definition) is 6. The molecule has 7 nitrogen and oxygen atoms in total. The van der Waals surface area contributed by atoms with Crippen molar-refractivity contribution in [1.82, 2.24) is 4.90 Å². The standard InChI is InChI=1S/C33H49N5O2/c1-22(34)38-18-10-23(11-19-38)28(39)40-26-8-12-29(2)25(20-26)7-14-33(36)31(4)13-9-27(24-6-5-17-37-21-24)30(31,3)15-16-32(29,33)35/h5-7,9,17,23-24,26,34H,8,10-16,18-21,35-36H2,1-4H3/t24?,26-,29-,30+,31+,32-,33+/m0/s1. The predicted molar refractivity (Wildman–Crippen MR) is 160 cm³/mol. The number of carbonyl (C=O) groups excluding carboxylic acids is 1. The Morgan fingerprint density at radius 1 is 1.02 bits per heavy atom. The maximum atomic E-state index is 13.1. The van der Waals surface area contributed by atoms with Gasteiger partial charge < -0.3 is 21.1 Å². The molecule has 1 unspecified atom stereocenters. The lowest BCUT2D eigenvalue weighted by atomic mass is 9.36. The largest absolute Gasteiger partial charge is 0.462 e. The second-order valence-corrected chi connectivity index (χ2v) is 14.4. The third kappa shape index (κ3) is 3.65. The molecule has 7 heteroatoms. The zero-order valence-corrected chi connectivity index (χ0v) is 25.0. The second-order valence-electron chi connectivity index (χ2n) is 14.4. The monoisotopic (exact) mass is 547 g/mol. The number of piperidine rings is 1. The quantitative estimate of drug-likeness (QED) is 0.201. The molecule has 0 aromatic heterocycles. The van der Waals surface area contributed by atoms with Gasteiger partial charge in [0.05, 0.1) is 11.8 Å². The van der Waals surface area contributed by atoms with E-state index in [9.17, 15) is 4.79 Å². The highest BCUT2D eigenvalue weighted by Gasteiger charge is 2.74. The molecule has 0 spiro atoms. The summed E-state index contributed by atoms with van der Waals surface area (Å²) in [5, 5.41) is 7.86. The van der Waals surface area contributed by atoms with Crippen LogP contribution in [-0.2, 0) is 9.53 Å². The van der Waals surface area contributed by atoms with Crippen LogP contribution in [0.2, 0.25) is 0 Å². The third-order valence-corrected chi connectivity index (χ3v) is 13.0. The number of hydrogen-bond donors (Lipinski definition) is 3. The number of nitrogens with one attached hydrogen (secondary N) is 1. The Hall–Kier alpha value is -2.25. The molecular formula is C33H49N5O2. The van der Waals surface area contributed by atoms with Gasteiger partial charge in [-0.2, -0.15) is 0 Å². The lowest BCUT2D eigenvalue weighted by Crippen LogP contribution is -2.83. The lowest BCUT2D eigenvalue weighted by Gasteiger charge is -2.72. The maximum Gasteiger partial charge on any atom is 0.309 e. The number of fused-ring (bicyclic) bond motifs is 5. The summed E-state index contributed by atoms with van der Waals surface area (Å²) in [5.74, 6) is 0.805. The van der Waals surface area contributed by atoms with Gasteiger partial charge in [0.15, 0.2) is 0 Å². The number of amidine groups is 1. The first-order chi connectivity index (χ1) is 18.9. The molecule has 218 valence electrons. The van der Waals surface area contributed by atoms with Gasteiger partial charge in [0.2, 0.25) is 0 Å². The van der Waals surface area contributed by atoms with Gasteiger partial charge in [-0.25, -0.2) is 0 Å². The van der Waals surface area contributed by atoms with Crippen molar-refractivity contribution < 1.29 is 9.53 Å². The molecule has 0 aromatic rings. The van der Waals surface area contributed by atoms with Gasteiger partial charge in [-0.1, -0.05) is 50.1 Å². The molecule has 0 amide bonds. The molecular weight excluding hydrogens is 498 g/mol. The molecule has 2 aliphatic heterocycles. The molecule has 2 heterocycles. The minimum Gasteiger partial charge on any atom is -0.462 e. The molecule has 6 rings (SSSR count). The average Bonchev–Trinajstić information content (AvgIpc) is 3.23. The molecule has 6 aliphatic rings. The van der Waals surface area contributed by atoms with Crippen LogP contribution in [0.4, 0.5) is 0 Å². The van der Waals surface area contributed by atoms with Crippen molar-refractivity contribution in [2.45, 2.75) is 103 Å². The van der Waals surface area contributed by atoms with E-state index >= 15 is 0 Å². The van der Waals surface area contributed by atoms with Gasteiger partial charge in [-0.3, -0.25) is 15.2 Å². The number of esters is 1. The first kappa shape index (κ1) is 27.9. The molecule has 4 aliphatic carbocycles. The molecule has 0 radical (unpaired) electrons. The highest BCUT2D eigenvalue weighted by Crippen LogP contribution is 2.72. The van der Waals surface area contributed by atoms with Crippen LogP contribution >= 0.6 is 0 Å². The van der Waals surface area contributed by atoms with Crippen LogP contribution < -0.4 is 11.5 Å². The van der Waals surface area contributed by atoms with Crippen LogP contribution in [0, 0.1) is 33.5 Å². The summed E-state index contributed by atoms with van der Waals surface area (Å²) in [6, 6.07) is 0. The fourth-order valence-corrected chi connectivity index (χ4v) is 9.86. The molecule has 1 saturated heterocycles. The van der Waals surface area contributed by atoms with Gasteiger partial charge >= 0.3 is 5.97 Å². The van der Waals surface area contributed by atoms with Crippen LogP contribution in [0.25, 0.3) is 0 Å². The van der Waals surface area contributed by atoms with Crippen LogP contribution in [0.15, 0.2) is 40.4 Å². The van der Waals surface area contributed by atoms with E-state index in [0.717, 1.165) is 77.4 Å². The summed E-state index contributed by atoms with van der Waals surface area (Å²) in [7, 11) is 0. The van der Waals surface area contributed by atoms with Crippen molar-refractivity contribution in [3.05, 3.63) is 35.5 Å². The van der Waals surface area contributed by atoms with Crippen LogP contribution in [-0.4, -0.2) is 59.7 Å². The Morgan fingerprint density at radius 2 is 1.77 bits per heavy atom. The fraction of sp³-hybridized carbons (Fsp3) is 0.727. The van der Waals surface area contributed by atoms with Crippen molar-refractivity contribution in [2.24, 2.45) is 44.5 Å². The fourth-order valence-electron chi connectivity index (χ4n) is 9.86. The molecule has 40 heavy (non-hydrogen) atoms. The normalized spacial score (nSPS) is 44.7. The molecule has 0 aromatic carbocycles. The van der Waals surface area contributed by atoms with Crippen molar-refractivity contribution in [3.63, 3.8) is 0 Å². The van der Waals surface area contributed by atoms with E-state index < -0.39 is 11.1 Å². The summed E-state index contributed by atoms with van der Waals surface area (Å²) >= 11 is 0.